The highest BCUT2D eigenvalue weighted by Crippen LogP contribution is 2.30. The van der Waals surface area contributed by atoms with Crippen LogP contribution in [0.15, 0.2) is 40.3 Å². The van der Waals surface area contributed by atoms with Crippen LogP contribution >= 0.6 is 11.3 Å². The molecule has 4 aromatic rings. The molecule has 0 fully saturated rings. The molecule has 6 nitrogen and oxygen atoms in total. The zero-order valence-electron chi connectivity index (χ0n) is 17.3. The number of hydrogen-bond donors (Lipinski definition) is 0. The van der Waals surface area contributed by atoms with Crippen molar-refractivity contribution in [1.29, 1.82) is 0 Å². The summed E-state index contributed by atoms with van der Waals surface area (Å²) in [5.74, 6) is 1.56. The van der Waals surface area contributed by atoms with E-state index in [1.54, 1.807) is 22.4 Å². The maximum atomic E-state index is 13.4. The Bertz CT molecular complexity index is 1170. The van der Waals surface area contributed by atoms with Crippen LogP contribution in [0.25, 0.3) is 22.3 Å². The third-order valence-corrected chi connectivity index (χ3v) is 5.78. The Morgan fingerprint density at radius 2 is 2.10 bits per heavy atom. The third kappa shape index (κ3) is 3.58. The van der Waals surface area contributed by atoms with Crippen LogP contribution in [-0.2, 0) is 6.54 Å². The molecule has 0 radical (unpaired) electrons. The first-order chi connectivity index (χ1) is 13.8. The summed E-state index contributed by atoms with van der Waals surface area (Å²) in [5, 5.41) is 7.29. The molecule has 4 aromatic heterocycles. The molecule has 0 aliphatic carbocycles. The van der Waals surface area contributed by atoms with Crippen LogP contribution in [0.3, 0.4) is 0 Å². The van der Waals surface area contributed by atoms with Crippen molar-refractivity contribution in [2.24, 2.45) is 0 Å². The Hall–Kier alpha value is -2.93. The van der Waals surface area contributed by atoms with Crippen LogP contribution in [0.4, 0.5) is 0 Å². The molecule has 0 bridgehead atoms. The summed E-state index contributed by atoms with van der Waals surface area (Å²) in [5.41, 5.74) is 2.94. The average molecular weight is 409 g/mol. The molecule has 0 saturated heterocycles. The lowest BCUT2D eigenvalue weighted by atomic mass is 10.1. The van der Waals surface area contributed by atoms with Crippen LogP contribution in [0.5, 0.6) is 0 Å². The molecule has 150 valence electrons. The first kappa shape index (κ1) is 19.4. The predicted octanol–water partition coefficient (Wildman–Crippen LogP) is 5.22. The molecular formula is C22H24N4O2S. The standard InChI is InChI=1S/C22H24N4O2S/c1-13(2)26-21-19(11-23-26)18(22(27)25(5)12-16-7-6-8-29-16)10-20(24-21)17-9-14(3)28-15(17)4/h6-11,13H,12H2,1-5H3. The molecule has 0 saturated carbocycles. The van der Waals surface area contributed by atoms with Gasteiger partial charge in [-0.05, 0) is 51.3 Å². The Balaban J connectivity index is 1.85. The number of furan rings is 1. The Morgan fingerprint density at radius 1 is 1.31 bits per heavy atom. The number of hydrogen-bond acceptors (Lipinski definition) is 5. The third-order valence-electron chi connectivity index (χ3n) is 4.92. The van der Waals surface area contributed by atoms with Gasteiger partial charge in [-0.25, -0.2) is 9.67 Å². The Morgan fingerprint density at radius 3 is 2.72 bits per heavy atom. The second-order valence-electron chi connectivity index (χ2n) is 7.54. The van der Waals surface area contributed by atoms with Crippen molar-refractivity contribution in [3.05, 3.63) is 57.8 Å². The van der Waals surface area contributed by atoms with E-state index in [1.165, 1.54) is 0 Å². The Labute approximate surface area is 173 Å². The summed E-state index contributed by atoms with van der Waals surface area (Å²) in [4.78, 5) is 21.1. The summed E-state index contributed by atoms with van der Waals surface area (Å²) >= 11 is 1.65. The molecule has 4 rings (SSSR count). The molecule has 0 spiro atoms. The van der Waals surface area contributed by atoms with Crippen LogP contribution in [0, 0.1) is 13.8 Å². The average Bonchev–Trinajstić information content (AvgIpc) is 3.40. The van der Waals surface area contributed by atoms with Gasteiger partial charge in [-0.3, -0.25) is 4.79 Å². The topological polar surface area (TPSA) is 64.2 Å². The van der Waals surface area contributed by atoms with Crippen molar-refractivity contribution in [3.8, 4) is 11.3 Å². The number of carbonyl (C=O) groups is 1. The van der Waals surface area contributed by atoms with Gasteiger partial charge in [0.15, 0.2) is 5.65 Å². The van der Waals surface area contributed by atoms with E-state index in [2.05, 4.69) is 18.9 Å². The van der Waals surface area contributed by atoms with E-state index < -0.39 is 0 Å². The summed E-state index contributed by atoms with van der Waals surface area (Å²) in [6.07, 6.45) is 1.74. The van der Waals surface area contributed by atoms with Gasteiger partial charge in [0.1, 0.15) is 11.5 Å². The highest BCUT2D eigenvalue weighted by atomic mass is 32.1. The van der Waals surface area contributed by atoms with Crippen molar-refractivity contribution in [2.75, 3.05) is 7.05 Å². The number of carbonyl (C=O) groups excluding carboxylic acids is 1. The first-order valence-electron chi connectivity index (χ1n) is 9.58. The number of rotatable bonds is 5. The second kappa shape index (κ2) is 7.48. The molecule has 0 aliphatic heterocycles. The van der Waals surface area contributed by atoms with Crippen molar-refractivity contribution in [1.82, 2.24) is 19.7 Å². The van der Waals surface area contributed by atoms with Crippen molar-refractivity contribution in [2.45, 2.75) is 40.3 Å². The van der Waals surface area contributed by atoms with E-state index in [9.17, 15) is 4.79 Å². The number of fused-ring (bicyclic) bond motifs is 1. The fourth-order valence-electron chi connectivity index (χ4n) is 3.51. The fourth-order valence-corrected chi connectivity index (χ4v) is 4.27. The maximum Gasteiger partial charge on any atom is 0.254 e. The van der Waals surface area contributed by atoms with Gasteiger partial charge < -0.3 is 9.32 Å². The lowest BCUT2D eigenvalue weighted by Gasteiger charge is -2.17. The summed E-state index contributed by atoms with van der Waals surface area (Å²) in [7, 11) is 1.83. The van der Waals surface area contributed by atoms with Gasteiger partial charge in [-0.2, -0.15) is 5.10 Å². The summed E-state index contributed by atoms with van der Waals surface area (Å²) in [6.45, 7) is 8.50. The molecule has 0 aromatic carbocycles. The van der Waals surface area contributed by atoms with Crippen LogP contribution in [0.2, 0.25) is 0 Å². The number of aryl methyl sites for hydroxylation is 2. The quantitative estimate of drug-likeness (QED) is 0.454. The van der Waals surface area contributed by atoms with Crippen LogP contribution in [0.1, 0.15) is 46.6 Å². The first-order valence-corrected chi connectivity index (χ1v) is 10.5. The van der Waals surface area contributed by atoms with Crippen molar-refractivity contribution < 1.29 is 9.21 Å². The molecular weight excluding hydrogens is 384 g/mol. The van der Waals surface area contributed by atoms with Gasteiger partial charge in [0, 0.05) is 23.5 Å². The zero-order chi connectivity index (χ0) is 20.7. The number of aromatic nitrogens is 3. The number of thiophene rings is 1. The number of amides is 1. The highest BCUT2D eigenvalue weighted by molar-refractivity contribution is 7.09. The lowest BCUT2D eigenvalue weighted by Crippen LogP contribution is -2.26. The van der Waals surface area contributed by atoms with Gasteiger partial charge in [0.2, 0.25) is 0 Å². The van der Waals surface area contributed by atoms with E-state index in [1.807, 2.05) is 55.2 Å². The summed E-state index contributed by atoms with van der Waals surface area (Å²) in [6, 6.07) is 7.99. The predicted molar refractivity (Wildman–Crippen MR) is 115 cm³/mol. The fraction of sp³-hybridized carbons (Fsp3) is 0.318. The van der Waals surface area contributed by atoms with Gasteiger partial charge in [0.05, 0.1) is 29.4 Å². The van der Waals surface area contributed by atoms with E-state index in [0.717, 1.165) is 33.0 Å². The minimum absolute atomic E-state index is 0.0479. The molecule has 0 atom stereocenters. The van der Waals surface area contributed by atoms with E-state index in [-0.39, 0.29) is 11.9 Å². The van der Waals surface area contributed by atoms with Crippen molar-refractivity contribution >= 4 is 28.3 Å². The maximum absolute atomic E-state index is 13.4. The normalized spacial score (nSPS) is 11.5. The van der Waals surface area contributed by atoms with Gasteiger partial charge in [0.25, 0.3) is 5.91 Å². The van der Waals surface area contributed by atoms with E-state index >= 15 is 0 Å². The minimum atomic E-state index is -0.0479. The van der Waals surface area contributed by atoms with E-state index in [4.69, 9.17) is 9.40 Å². The molecule has 4 heterocycles. The highest BCUT2D eigenvalue weighted by Gasteiger charge is 2.22. The van der Waals surface area contributed by atoms with Crippen molar-refractivity contribution in [3.63, 3.8) is 0 Å². The SMILES string of the molecule is Cc1cc(-c2cc(C(=O)N(C)Cc3cccs3)c3cnn(C(C)C)c3n2)c(C)o1. The minimum Gasteiger partial charge on any atom is -0.466 e. The second-order valence-corrected chi connectivity index (χ2v) is 8.57. The molecule has 0 aliphatic rings. The Kier molecular flexibility index (Phi) is 5.00. The van der Waals surface area contributed by atoms with E-state index in [0.29, 0.717) is 17.8 Å². The van der Waals surface area contributed by atoms with Gasteiger partial charge >= 0.3 is 0 Å². The molecule has 7 heteroatoms. The summed E-state index contributed by atoms with van der Waals surface area (Å²) < 4.78 is 7.56. The molecule has 0 unspecified atom stereocenters. The van der Waals surface area contributed by atoms with Gasteiger partial charge in [-0.1, -0.05) is 6.07 Å². The number of pyridine rings is 1. The number of nitrogens with zero attached hydrogens (tertiary/aromatic N) is 4. The molecule has 0 N–H and O–H groups in total. The molecule has 1 amide bonds. The van der Waals surface area contributed by atoms with Gasteiger partial charge in [-0.15, -0.1) is 11.3 Å². The lowest BCUT2D eigenvalue weighted by molar-refractivity contribution is 0.0788. The zero-order valence-corrected chi connectivity index (χ0v) is 18.1. The van der Waals surface area contributed by atoms with Crippen LogP contribution in [-0.4, -0.2) is 32.6 Å². The largest absolute Gasteiger partial charge is 0.466 e. The smallest absolute Gasteiger partial charge is 0.254 e. The monoisotopic (exact) mass is 408 g/mol. The molecule has 29 heavy (non-hydrogen) atoms. The van der Waals surface area contributed by atoms with Crippen LogP contribution < -0.4 is 0 Å².